The Morgan fingerprint density at radius 3 is 2.12 bits per heavy atom. The molecule has 0 rings (SSSR count). The number of quaternary nitrogens is 1. The molecule has 0 aromatic heterocycles. The molecule has 0 bridgehead atoms. The standard InChI is InChI=1S/C17H35N3O4S/c1-6-17(21)19(12-9-11-18(2)3)13-10-15-20(4,5)14-7-8-16-25(22,23)24/h6H,1,7-16H2,2-5H3/p+1. The summed E-state index contributed by atoms with van der Waals surface area (Å²) in [5.41, 5.74) is 0. The highest BCUT2D eigenvalue weighted by Gasteiger charge is 2.17. The maximum atomic E-state index is 12.0. The van der Waals surface area contributed by atoms with Gasteiger partial charge in [0.25, 0.3) is 10.1 Å². The topological polar surface area (TPSA) is 77.9 Å². The lowest BCUT2D eigenvalue weighted by molar-refractivity contribution is -0.890. The summed E-state index contributed by atoms with van der Waals surface area (Å²) in [6.07, 6.45) is 4.38. The average Bonchev–Trinajstić information content (AvgIpc) is 2.48. The van der Waals surface area contributed by atoms with Crippen LogP contribution in [0.3, 0.4) is 0 Å². The third kappa shape index (κ3) is 13.9. The van der Waals surface area contributed by atoms with Crippen LogP contribution in [0.25, 0.3) is 0 Å². The van der Waals surface area contributed by atoms with Crippen LogP contribution in [-0.2, 0) is 14.9 Å². The molecule has 0 aliphatic carbocycles. The van der Waals surface area contributed by atoms with Crippen LogP contribution in [0.5, 0.6) is 0 Å². The fourth-order valence-corrected chi connectivity index (χ4v) is 3.23. The van der Waals surface area contributed by atoms with Gasteiger partial charge < -0.3 is 14.3 Å². The van der Waals surface area contributed by atoms with Crippen LogP contribution in [0.15, 0.2) is 12.7 Å². The second-order valence-electron chi connectivity index (χ2n) is 7.42. The smallest absolute Gasteiger partial charge is 0.264 e. The van der Waals surface area contributed by atoms with Crippen LogP contribution in [0.4, 0.5) is 0 Å². The monoisotopic (exact) mass is 378 g/mol. The molecular formula is C17H36N3O4S+. The van der Waals surface area contributed by atoms with Gasteiger partial charge in [-0.1, -0.05) is 6.58 Å². The Morgan fingerprint density at radius 2 is 1.60 bits per heavy atom. The molecule has 0 aromatic rings. The lowest BCUT2D eigenvalue weighted by Gasteiger charge is -2.31. The summed E-state index contributed by atoms with van der Waals surface area (Å²) in [5, 5.41) is 0. The SMILES string of the molecule is C=CC(=O)N(CCCN(C)C)CCC[N+](C)(C)CCCCS(=O)(=O)O. The molecule has 0 radical (unpaired) electrons. The maximum absolute atomic E-state index is 12.0. The maximum Gasteiger partial charge on any atom is 0.264 e. The van der Waals surface area contributed by atoms with Gasteiger partial charge in [-0.3, -0.25) is 9.35 Å². The summed E-state index contributed by atoms with van der Waals surface area (Å²) in [4.78, 5) is 15.9. The molecule has 1 N–H and O–H groups in total. The molecule has 0 fully saturated rings. The number of amides is 1. The fraction of sp³-hybridized carbons (Fsp3) is 0.824. The van der Waals surface area contributed by atoms with Crippen molar-refractivity contribution in [2.75, 3.05) is 66.7 Å². The molecule has 0 aliphatic heterocycles. The van der Waals surface area contributed by atoms with Gasteiger partial charge in [0, 0.05) is 19.5 Å². The van der Waals surface area contributed by atoms with Crippen molar-refractivity contribution in [2.24, 2.45) is 0 Å². The van der Waals surface area contributed by atoms with Crippen LogP contribution in [0.2, 0.25) is 0 Å². The van der Waals surface area contributed by atoms with Crippen molar-refractivity contribution in [3.63, 3.8) is 0 Å². The highest BCUT2D eigenvalue weighted by molar-refractivity contribution is 7.85. The van der Waals surface area contributed by atoms with Gasteiger partial charge in [-0.05, 0) is 46.0 Å². The first kappa shape index (κ1) is 24.0. The zero-order valence-corrected chi connectivity index (χ0v) is 17.1. The molecular weight excluding hydrogens is 342 g/mol. The third-order valence-corrected chi connectivity index (χ3v) is 4.93. The summed E-state index contributed by atoms with van der Waals surface area (Å²) in [7, 11) is 4.36. The predicted molar refractivity (Wildman–Crippen MR) is 102 cm³/mol. The zero-order chi connectivity index (χ0) is 19.5. The summed E-state index contributed by atoms with van der Waals surface area (Å²) >= 11 is 0. The van der Waals surface area contributed by atoms with Gasteiger partial charge in [0.05, 0.1) is 32.9 Å². The van der Waals surface area contributed by atoms with Gasteiger partial charge >= 0.3 is 0 Å². The van der Waals surface area contributed by atoms with E-state index in [1.54, 1.807) is 0 Å². The quantitative estimate of drug-likeness (QED) is 0.212. The van der Waals surface area contributed by atoms with Crippen LogP contribution in [0.1, 0.15) is 25.7 Å². The van der Waals surface area contributed by atoms with Gasteiger partial charge in [0.15, 0.2) is 0 Å². The minimum atomic E-state index is -3.86. The van der Waals surface area contributed by atoms with E-state index in [9.17, 15) is 13.2 Å². The number of hydrogen-bond acceptors (Lipinski definition) is 4. The Labute approximate surface area is 153 Å². The molecule has 1 amide bonds. The minimum Gasteiger partial charge on any atom is -0.339 e. The predicted octanol–water partition coefficient (Wildman–Crippen LogP) is 1.09. The average molecular weight is 379 g/mol. The van der Waals surface area contributed by atoms with E-state index in [2.05, 4.69) is 25.6 Å². The van der Waals surface area contributed by atoms with Crippen LogP contribution in [0, 0.1) is 0 Å². The summed E-state index contributed by atoms with van der Waals surface area (Å²) in [5.74, 6) is -0.210. The summed E-state index contributed by atoms with van der Waals surface area (Å²) in [6, 6.07) is 0. The molecule has 0 saturated heterocycles. The highest BCUT2D eigenvalue weighted by atomic mass is 32.2. The number of carbonyl (C=O) groups is 1. The molecule has 0 saturated carbocycles. The van der Waals surface area contributed by atoms with Crippen molar-refractivity contribution < 1.29 is 22.2 Å². The molecule has 0 unspecified atom stereocenters. The van der Waals surface area contributed by atoms with E-state index >= 15 is 0 Å². The van der Waals surface area contributed by atoms with Gasteiger partial charge in [-0.15, -0.1) is 0 Å². The van der Waals surface area contributed by atoms with Crippen molar-refractivity contribution >= 4 is 16.0 Å². The van der Waals surface area contributed by atoms with Gasteiger partial charge in [-0.2, -0.15) is 8.42 Å². The Balaban J connectivity index is 4.21. The summed E-state index contributed by atoms with van der Waals surface area (Å²) < 4.78 is 31.0. The molecule has 0 heterocycles. The Hall–Kier alpha value is -0.960. The van der Waals surface area contributed by atoms with E-state index in [1.165, 1.54) is 6.08 Å². The number of carbonyl (C=O) groups excluding carboxylic acids is 1. The molecule has 7 nitrogen and oxygen atoms in total. The van der Waals surface area contributed by atoms with E-state index in [4.69, 9.17) is 4.55 Å². The van der Waals surface area contributed by atoms with Crippen molar-refractivity contribution in [3.05, 3.63) is 12.7 Å². The van der Waals surface area contributed by atoms with Crippen LogP contribution in [-0.4, -0.2) is 99.8 Å². The molecule has 8 heteroatoms. The minimum absolute atomic E-state index is 0.0304. The second kappa shape index (κ2) is 11.6. The lowest BCUT2D eigenvalue weighted by atomic mass is 10.2. The largest absolute Gasteiger partial charge is 0.339 e. The van der Waals surface area contributed by atoms with Gasteiger partial charge in [-0.25, -0.2) is 0 Å². The molecule has 0 aliphatic rings. The van der Waals surface area contributed by atoms with E-state index in [-0.39, 0.29) is 11.7 Å². The van der Waals surface area contributed by atoms with E-state index < -0.39 is 10.1 Å². The number of hydrogen-bond donors (Lipinski definition) is 1. The van der Waals surface area contributed by atoms with E-state index in [0.717, 1.165) is 49.9 Å². The summed E-state index contributed by atoms with van der Waals surface area (Å²) in [6.45, 7) is 7.69. The number of nitrogens with zero attached hydrogens (tertiary/aromatic N) is 3. The molecule has 148 valence electrons. The first-order chi connectivity index (χ1) is 11.5. The Morgan fingerprint density at radius 1 is 1.04 bits per heavy atom. The molecule has 0 spiro atoms. The number of rotatable bonds is 14. The lowest BCUT2D eigenvalue weighted by Crippen LogP contribution is -2.43. The Bertz CT molecular complexity index is 504. The fourth-order valence-electron chi connectivity index (χ4n) is 2.66. The van der Waals surface area contributed by atoms with E-state index in [1.807, 2.05) is 19.0 Å². The molecule has 25 heavy (non-hydrogen) atoms. The Kier molecular flexibility index (Phi) is 11.2. The van der Waals surface area contributed by atoms with Crippen LogP contribution >= 0.6 is 0 Å². The highest BCUT2D eigenvalue weighted by Crippen LogP contribution is 2.06. The zero-order valence-electron chi connectivity index (χ0n) is 16.3. The van der Waals surface area contributed by atoms with Crippen LogP contribution < -0.4 is 0 Å². The first-order valence-electron chi connectivity index (χ1n) is 8.80. The second-order valence-corrected chi connectivity index (χ2v) is 8.99. The van der Waals surface area contributed by atoms with Crippen molar-refractivity contribution in [2.45, 2.75) is 25.7 Å². The van der Waals surface area contributed by atoms with Gasteiger partial charge in [0.2, 0.25) is 5.91 Å². The van der Waals surface area contributed by atoms with Gasteiger partial charge in [0.1, 0.15) is 0 Å². The normalized spacial score (nSPS) is 12.4. The number of unbranched alkanes of at least 4 members (excludes halogenated alkanes) is 1. The van der Waals surface area contributed by atoms with Crippen molar-refractivity contribution in [1.29, 1.82) is 0 Å². The van der Waals surface area contributed by atoms with E-state index in [0.29, 0.717) is 13.0 Å². The first-order valence-corrected chi connectivity index (χ1v) is 10.4. The third-order valence-electron chi connectivity index (χ3n) is 4.13. The molecule has 0 aromatic carbocycles. The molecule has 0 atom stereocenters. The van der Waals surface area contributed by atoms with Crippen molar-refractivity contribution in [3.8, 4) is 0 Å². The van der Waals surface area contributed by atoms with Crippen molar-refractivity contribution in [1.82, 2.24) is 9.80 Å².